The zero-order valence-electron chi connectivity index (χ0n) is 23.9. The molecule has 2 saturated carbocycles. The molecule has 3 atom stereocenters. The van der Waals surface area contributed by atoms with E-state index >= 15 is 0 Å². The van der Waals surface area contributed by atoms with Crippen molar-refractivity contribution in [3.05, 3.63) is 65.2 Å². The molecule has 13 heteroatoms. The predicted molar refractivity (Wildman–Crippen MR) is 154 cm³/mol. The molecule has 43 heavy (non-hydrogen) atoms. The molecular formula is C30H37F3N4O5S. The molecule has 0 radical (unpaired) electrons. The maximum atomic E-state index is 13.2. The quantitative estimate of drug-likeness (QED) is 0.354. The van der Waals surface area contributed by atoms with Crippen LogP contribution < -0.4 is 21.7 Å². The molecule has 2 aromatic rings. The molecule has 5 N–H and O–H groups in total. The highest BCUT2D eigenvalue weighted by Gasteiger charge is 2.47. The molecule has 0 heterocycles. The number of alkyl halides is 3. The molecule has 0 bridgehead atoms. The maximum Gasteiger partial charge on any atom is 0.416 e. The van der Waals surface area contributed by atoms with Crippen LogP contribution in [0.3, 0.4) is 0 Å². The normalized spacial score (nSPS) is 22.3. The Bertz CT molecular complexity index is 1440. The summed E-state index contributed by atoms with van der Waals surface area (Å²) in [4.78, 5) is 39.1. The molecule has 9 nitrogen and oxygen atoms in total. The number of hydrogen-bond donors (Lipinski definition) is 4. The van der Waals surface area contributed by atoms with Gasteiger partial charge in [0.05, 0.1) is 17.0 Å². The SMILES string of the molecule is CS(=O)(=O)c1ccc(C(=O)NC2CCC(N)CC2C2(NC(=O)CNC(=O)c3cccc(C(F)(F)F)c3)CCCCC2)cc1. The Kier molecular flexibility index (Phi) is 9.85. The van der Waals surface area contributed by atoms with Gasteiger partial charge < -0.3 is 21.7 Å². The van der Waals surface area contributed by atoms with E-state index in [1.54, 1.807) is 0 Å². The number of carbonyl (C=O) groups excluding carboxylic acids is 3. The van der Waals surface area contributed by atoms with Crippen molar-refractivity contribution in [2.24, 2.45) is 11.7 Å². The molecule has 4 rings (SSSR count). The van der Waals surface area contributed by atoms with E-state index in [1.807, 2.05) is 0 Å². The summed E-state index contributed by atoms with van der Waals surface area (Å²) >= 11 is 0. The van der Waals surface area contributed by atoms with E-state index in [9.17, 15) is 36.0 Å². The highest BCUT2D eigenvalue weighted by Crippen LogP contribution is 2.42. The zero-order valence-corrected chi connectivity index (χ0v) is 24.7. The minimum atomic E-state index is -4.60. The Labute approximate surface area is 249 Å². The third-order valence-electron chi connectivity index (χ3n) is 8.46. The van der Waals surface area contributed by atoms with E-state index < -0.39 is 45.5 Å². The van der Waals surface area contributed by atoms with Crippen molar-refractivity contribution >= 4 is 27.6 Å². The lowest BCUT2D eigenvalue weighted by Gasteiger charge is -2.50. The van der Waals surface area contributed by atoms with Crippen molar-refractivity contribution in [1.29, 1.82) is 0 Å². The van der Waals surface area contributed by atoms with Gasteiger partial charge in [-0.05, 0) is 74.6 Å². The average Bonchev–Trinajstić information content (AvgIpc) is 2.96. The summed E-state index contributed by atoms with van der Waals surface area (Å²) in [6.45, 7) is -0.431. The number of sulfone groups is 1. The summed E-state index contributed by atoms with van der Waals surface area (Å²) in [5.41, 5.74) is 4.81. The van der Waals surface area contributed by atoms with Crippen LogP contribution in [0.2, 0.25) is 0 Å². The molecule has 0 spiro atoms. The lowest BCUT2D eigenvalue weighted by atomic mass is 9.64. The molecule has 2 fully saturated rings. The topological polar surface area (TPSA) is 147 Å². The molecule has 2 aliphatic carbocycles. The van der Waals surface area contributed by atoms with Gasteiger partial charge in [-0.25, -0.2) is 8.42 Å². The monoisotopic (exact) mass is 622 g/mol. The maximum absolute atomic E-state index is 13.2. The first-order chi connectivity index (χ1) is 20.2. The zero-order chi connectivity index (χ0) is 31.4. The Balaban J connectivity index is 1.47. The number of halogens is 3. The van der Waals surface area contributed by atoms with Crippen LogP contribution >= 0.6 is 0 Å². The fraction of sp³-hybridized carbons (Fsp3) is 0.500. The Morgan fingerprint density at radius 1 is 0.953 bits per heavy atom. The van der Waals surface area contributed by atoms with Crippen LogP contribution in [0.15, 0.2) is 53.4 Å². The van der Waals surface area contributed by atoms with Crippen LogP contribution in [0.25, 0.3) is 0 Å². The van der Waals surface area contributed by atoms with Gasteiger partial charge in [0.1, 0.15) is 0 Å². The van der Waals surface area contributed by atoms with Gasteiger partial charge in [-0.3, -0.25) is 14.4 Å². The van der Waals surface area contributed by atoms with Crippen molar-refractivity contribution in [1.82, 2.24) is 16.0 Å². The van der Waals surface area contributed by atoms with Crippen LogP contribution in [0.1, 0.15) is 77.6 Å². The number of benzene rings is 2. The van der Waals surface area contributed by atoms with E-state index in [-0.39, 0.29) is 34.4 Å². The first-order valence-corrected chi connectivity index (χ1v) is 16.2. The first kappa shape index (κ1) is 32.5. The molecule has 0 aliphatic heterocycles. The van der Waals surface area contributed by atoms with Gasteiger partial charge >= 0.3 is 6.18 Å². The molecule has 0 saturated heterocycles. The van der Waals surface area contributed by atoms with Crippen LogP contribution in [0, 0.1) is 5.92 Å². The van der Waals surface area contributed by atoms with Gasteiger partial charge in [-0.1, -0.05) is 25.3 Å². The summed E-state index contributed by atoms with van der Waals surface area (Å²) in [6, 6.07) is 9.22. The molecule has 3 amide bonds. The summed E-state index contributed by atoms with van der Waals surface area (Å²) in [5, 5.41) is 8.64. The highest BCUT2D eigenvalue weighted by atomic mass is 32.2. The number of nitrogens with two attached hydrogens (primary N) is 1. The standard InChI is InChI=1S/C30H37F3N4O5S/c1-43(41,42)23-11-8-19(9-12-23)28(40)36-25-13-10-22(34)17-24(25)29(14-3-2-4-15-29)37-26(38)18-35-27(39)20-6-5-7-21(16-20)30(31,32)33/h5-9,11-12,16,22,24-25H,2-4,10,13-15,17-18,34H2,1H3,(H,35,39)(H,36,40)(H,37,38). The first-order valence-electron chi connectivity index (χ1n) is 14.3. The second-order valence-electron chi connectivity index (χ2n) is 11.6. The van der Waals surface area contributed by atoms with Crippen molar-refractivity contribution in [3.63, 3.8) is 0 Å². The van der Waals surface area contributed by atoms with Gasteiger partial charge in [-0.2, -0.15) is 13.2 Å². The Hall–Kier alpha value is -3.45. The largest absolute Gasteiger partial charge is 0.416 e. The fourth-order valence-electron chi connectivity index (χ4n) is 6.28. The minimum absolute atomic E-state index is 0.106. The summed E-state index contributed by atoms with van der Waals surface area (Å²) in [7, 11) is -3.41. The van der Waals surface area contributed by atoms with Gasteiger partial charge in [0.15, 0.2) is 9.84 Å². The summed E-state index contributed by atoms with van der Waals surface area (Å²) in [6.07, 6.45) is 2.25. The fourth-order valence-corrected chi connectivity index (χ4v) is 6.91. The van der Waals surface area contributed by atoms with Gasteiger partial charge in [-0.15, -0.1) is 0 Å². The smallest absolute Gasteiger partial charge is 0.349 e. The lowest BCUT2D eigenvalue weighted by molar-refractivity contribution is -0.137. The van der Waals surface area contributed by atoms with E-state index in [0.29, 0.717) is 37.7 Å². The van der Waals surface area contributed by atoms with Crippen molar-refractivity contribution in [2.75, 3.05) is 12.8 Å². The van der Waals surface area contributed by atoms with Crippen molar-refractivity contribution in [3.8, 4) is 0 Å². The molecular weight excluding hydrogens is 585 g/mol. The second-order valence-corrected chi connectivity index (χ2v) is 13.6. The van der Waals surface area contributed by atoms with E-state index in [0.717, 1.165) is 43.7 Å². The minimum Gasteiger partial charge on any atom is -0.349 e. The molecule has 2 aliphatic rings. The predicted octanol–water partition coefficient (Wildman–Crippen LogP) is 3.58. The lowest BCUT2D eigenvalue weighted by Crippen LogP contribution is -2.64. The third kappa shape index (κ3) is 8.14. The molecule has 0 aromatic heterocycles. The van der Waals surface area contributed by atoms with Crippen LogP contribution in [0.4, 0.5) is 13.2 Å². The van der Waals surface area contributed by atoms with Gasteiger partial charge in [0, 0.05) is 40.9 Å². The second kappa shape index (κ2) is 13.0. The number of amides is 3. The number of nitrogens with one attached hydrogen (secondary N) is 3. The number of rotatable bonds is 8. The third-order valence-corrected chi connectivity index (χ3v) is 9.59. The van der Waals surface area contributed by atoms with Crippen molar-refractivity contribution < 1.29 is 36.0 Å². The average molecular weight is 623 g/mol. The van der Waals surface area contributed by atoms with Crippen molar-refractivity contribution in [2.45, 2.75) is 80.1 Å². The highest BCUT2D eigenvalue weighted by molar-refractivity contribution is 7.90. The Morgan fingerprint density at radius 3 is 2.26 bits per heavy atom. The summed E-state index contributed by atoms with van der Waals surface area (Å²) in [5.74, 6) is -1.86. The molecule has 234 valence electrons. The van der Waals surface area contributed by atoms with Gasteiger partial charge in [0.25, 0.3) is 11.8 Å². The number of carbonyl (C=O) groups is 3. The summed E-state index contributed by atoms with van der Waals surface area (Å²) < 4.78 is 62.8. The van der Waals surface area contributed by atoms with E-state index in [2.05, 4.69) is 16.0 Å². The molecule has 2 aromatic carbocycles. The van der Waals surface area contributed by atoms with E-state index in [1.165, 1.54) is 30.3 Å². The van der Waals surface area contributed by atoms with Crippen LogP contribution in [-0.4, -0.2) is 56.6 Å². The van der Waals surface area contributed by atoms with E-state index in [4.69, 9.17) is 5.73 Å². The number of hydrogen-bond acceptors (Lipinski definition) is 6. The van der Waals surface area contributed by atoms with Gasteiger partial charge in [0.2, 0.25) is 5.91 Å². The van der Waals surface area contributed by atoms with Crippen LogP contribution in [-0.2, 0) is 20.8 Å². The van der Waals surface area contributed by atoms with Crippen LogP contribution in [0.5, 0.6) is 0 Å². The molecule has 3 unspecified atom stereocenters. The Morgan fingerprint density at radius 2 is 1.63 bits per heavy atom.